The van der Waals surface area contributed by atoms with Gasteiger partial charge in [-0.3, -0.25) is 0 Å². The Balaban J connectivity index is 1.00. The summed E-state index contributed by atoms with van der Waals surface area (Å²) in [6, 6.07) is 83.1. The molecule has 11 aromatic rings. The largest absolute Gasteiger partial charge is 0.354 e. The van der Waals surface area contributed by atoms with Gasteiger partial charge >= 0.3 is 0 Å². The van der Waals surface area contributed by atoms with Crippen molar-refractivity contribution in [3.63, 3.8) is 0 Å². The normalized spacial score (nSPS) is 11.4. The fourth-order valence-electron chi connectivity index (χ4n) is 8.62. The molecule has 0 fully saturated rings. The van der Waals surface area contributed by atoms with Crippen molar-refractivity contribution in [3.05, 3.63) is 231 Å². The van der Waals surface area contributed by atoms with Gasteiger partial charge in [0.25, 0.3) is 0 Å². The second-order valence-corrected chi connectivity index (χ2v) is 15.1. The maximum absolute atomic E-state index is 3.79. The molecule has 0 saturated carbocycles. The quantitative estimate of drug-likeness (QED) is 0.167. The van der Waals surface area contributed by atoms with Crippen LogP contribution < -0.4 is 9.80 Å². The van der Waals surface area contributed by atoms with E-state index in [-0.39, 0.29) is 0 Å². The van der Waals surface area contributed by atoms with Gasteiger partial charge in [-0.05, 0) is 129 Å². The van der Waals surface area contributed by atoms with E-state index < -0.39 is 0 Å². The van der Waals surface area contributed by atoms with Crippen LogP contribution in [-0.2, 0) is 0 Å². The molecule has 3 heteroatoms. The van der Waals surface area contributed by atoms with Crippen molar-refractivity contribution in [1.29, 1.82) is 0 Å². The summed E-state index contributed by atoms with van der Waals surface area (Å²) in [4.78, 5) is 8.46. The van der Waals surface area contributed by atoms with Crippen molar-refractivity contribution >= 4 is 77.5 Å². The lowest BCUT2D eigenvalue weighted by atomic mass is 9.95. The van der Waals surface area contributed by atoms with Gasteiger partial charge in [-0.25, -0.2) is 0 Å². The average molecular weight is 754 g/mol. The molecule has 3 nitrogen and oxygen atoms in total. The highest BCUT2D eigenvalue weighted by Gasteiger charge is 2.18. The minimum Gasteiger partial charge on any atom is -0.354 e. The molecule has 1 heterocycles. The van der Waals surface area contributed by atoms with E-state index in [0.717, 1.165) is 56.3 Å². The number of benzene rings is 10. The summed E-state index contributed by atoms with van der Waals surface area (Å²) in [6.45, 7) is 0. The molecule has 0 spiro atoms. The topological polar surface area (TPSA) is 22.3 Å². The summed E-state index contributed by atoms with van der Waals surface area (Å²) in [5.41, 5.74) is 13.6. The Labute approximate surface area is 343 Å². The van der Waals surface area contributed by atoms with Crippen LogP contribution in [0.2, 0.25) is 0 Å². The molecule has 0 aliphatic carbocycles. The zero-order chi connectivity index (χ0) is 39.1. The van der Waals surface area contributed by atoms with Crippen LogP contribution in [0.15, 0.2) is 231 Å². The van der Waals surface area contributed by atoms with E-state index in [0.29, 0.717) is 0 Å². The van der Waals surface area contributed by atoms with Crippen LogP contribution in [0.5, 0.6) is 0 Å². The molecule has 278 valence electrons. The summed E-state index contributed by atoms with van der Waals surface area (Å²) in [6.07, 6.45) is 0. The smallest absolute Gasteiger partial charge is 0.0544 e. The molecule has 0 aliphatic heterocycles. The summed E-state index contributed by atoms with van der Waals surface area (Å²) in [5.74, 6) is 0. The molecule has 1 aromatic heterocycles. The van der Waals surface area contributed by atoms with Crippen LogP contribution in [0.25, 0.3) is 65.6 Å². The molecular formula is C56H39N3. The molecule has 1 N–H and O–H groups in total. The first-order valence-electron chi connectivity index (χ1n) is 20.2. The Morgan fingerprint density at radius 1 is 0.271 bits per heavy atom. The van der Waals surface area contributed by atoms with E-state index in [4.69, 9.17) is 0 Å². The first kappa shape index (κ1) is 34.4. The van der Waals surface area contributed by atoms with Crippen molar-refractivity contribution in [2.45, 2.75) is 0 Å². The van der Waals surface area contributed by atoms with E-state index in [9.17, 15) is 0 Å². The lowest BCUT2D eigenvalue weighted by Gasteiger charge is -2.26. The van der Waals surface area contributed by atoms with Gasteiger partial charge in [0.15, 0.2) is 0 Å². The molecule has 0 atom stereocenters. The maximum atomic E-state index is 3.79. The predicted molar refractivity (Wildman–Crippen MR) is 251 cm³/mol. The van der Waals surface area contributed by atoms with Crippen LogP contribution in [0, 0.1) is 0 Å². The van der Waals surface area contributed by atoms with E-state index in [2.05, 4.69) is 245 Å². The lowest BCUT2D eigenvalue weighted by molar-refractivity contribution is 1.29. The van der Waals surface area contributed by atoms with Crippen LogP contribution in [0.1, 0.15) is 0 Å². The van der Waals surface area contributed by atoms with Gasteiger partial charge in [0, 0.05) is 56.0 Å². The zero-order valence-corrected chi connectivity index (χ0v) is 32.3. The highest BCUT2D eigenvalue weighted by molar-refractivity contribution is 6.13. The van der Waals surface area contributed by atoms with Crippen molar-refractivity contribution in [2.75, 3.05) is 9.80 Å². The number of H-pyrrole nitrogens is 1. The third kappa shape index (κ3) is 6.36. The Bertz CT molecular complexity index is 3260. The molecule has 0 amide bonds. The molecule has 0 aliphatic rings. The standard InChI is InChI=1S/C56H39N3/c1-3-17-46(18-4-1)58(50-33-25-39-13-7-9-15-43(39)35-50)48-29-23-41(24-30-48)45-37-53(56-54(38-45)52-21-11-12-22-55(52)57-56)42-27-31-49(32-28-42)59(47-19-5-2-6-20-47)51-34-26-40-14-8-10-16-44(40)36-51/h1-38,57H. The second kappa shape index (κ2) is 14.6. The third-order valence-electron chi connectivity index (χ3n) is 11.5. The third-order valence-corrected chi connectivity index (χ3v) is 11.5. The van der Waals surface area contributed by atoms with Crippen molar-refractivity contribution in [3.8, 4) is 22.3 Å². The zero-order valence-electron chi connectivity index (χ0n) is 32.3. The Kier molecular flexibility index (Phi) is 8.49. The van der Waals surface area contributed by atoms with Crippen LogP contribution >= 0.6 is 0 Å². The fourth-order valence-corrected chi connectivity index (χ4v) is 8.62. The van der Waals surface area contributed by atoms with Gasteiger partial charge in [0.05, 0.1) is 5.52 Å². The Morgan fingerprint density at radius 3 is 1.27 bits per heavy atom. The van der Waals surface area contributed by atoms with Gasteiger partial charge in [-0.2, -0.15) is 0 Å². The van der Waals surface area contributed by atoms with Gasteiger partial charge in [0.1, 0.15) is 0 Å². The van der Waals surface area contributed by atoms with Gasteiger partial charge in [0.2, 0.25) is 0 Å². The summed E-state index contributed by atoms with van der Waals surface area (Å²) < 4.78 is 0. The molecule has 0 unspecified atom stereocenters. The molecular weight excluding hydrogens is 715 g/mol. The average Bonchev–Trinajstić information content (AvgIpc) is 3.69. The minimum absolute atomic E-state index is 1.10. The monoisotopic (exact) mass is 753 g/mol. The number of nitrogens with one attached hydrogen (secondary N) is 1. The van der Waals surface area contributed by atoms with E-state index in [1.54, 1.807) is 0 Å². The van der Waals surface area contributed by atoms with Crippen molar-refractivity contribution in [2.24, 2.45) is 0 Å². The van der Waals surface area contributed by atoms with E-state index in [1.165, 1.54) is 43.4 Å². The first-order valence-corrected chi connectivity index (χ1v) is 20.2. The minimum atomic E-state index is 1.10. The van der Waals surface area contributed by atoms with Gasteiger partial charge in [-0.1, -0.05) is 140 Å². The van der Waals surface area contributed by atoms with Gasteiger partial charge < -0.3 is 14.8 Å². The number of aromatic nitrogens is 1. The van der Waals surface area contributed by atoms with Crippen LogP contribution in [0.3, 0.4) is 0 Å². The van der Waals surface area contributed by atoms with Crippen molar-refractivity contribution < 1.29 is 0 Å². The number of fused-ring (bicyclic) bond motifs is 5. The number of rotatable bonds is 8. The highest BCUT2D eigenvalue weighted by Crippen LogP contribution is 2.42. The Morgan fingerprint density at radius 2 is 0.712 bits per heavy atom. The molecule has 10 aromatic carbocycles. The highest BCUT2D eigenvalue weighted by atomic mass is 15.1. The first-order chi connectivity index (χ1) is 29.2. The van der Waals surface area contributed by atoms with E-state index in [1.807, 2.05) is 0 Å². The summed E-state index contributed by atoms with van der Waals surface area (Å²) >= 11 is 0. The number of para-hydroxylation sites is 3. The number of nitrogens with zero attached hydrogens (tertiary/aromatic N) is 2. The molecule has 0 saturated heterocycles. The summed E-state index contributed by atoms with van der Waals surface area (Å²) in [7, 11) is 0. The van der Waals surface area contributed by atoms with E-state index >= 15 is 0 Å². The van der Waals surface area contributed by atoms with Crippen LogP contribution in [-0.4, -0.2) is 4.98 Å². The van der Waals surface area contributed by atoms with Crippen LogP contribution in [0.4, 0.5) is 34.1 Å². The maximum Gasteiger partial charge on any atom is 0.0544 e. The number of anilines is 6. The SMILES string of the molecule is c1ccc(N(c2ccc(-c3cc(-c4ccc(N(c5ccccc5)c5ccc6ccccc6c5)cc4)c4[nH]c5ccccc5c4c3)cc2)c2ccc3ccccc3c2)cc1. The number of hydrogen-bond acceptors (Lipinski definition) is 2. The summed E-state index contributed by atoms with van der Waals surface area (Å²) in [5, 5.41) is 7.33. The molecule has 0 radical (unpaired) electrons. The lowest BCUT2D eigenvalue weighted by Crippen LogP contribution is -2.09. The number of aromatic amines is 1. The molecule has 0 bridgehead atoms. The molecule has 59 heavy (non-hydrogen) atoms. The van der Waals surface area contributed by atoms with Crippen molar-refractivity contribution in [1.82, 2.24) is 4.98 Å². The van der Waals surface area contributed by atoms with Gasteiger partial charge in [-0.15, -0.1) is 0 Å². The Hall–Kier alpha value is -7.88. The fraction of sp³-hybridized carbons (Fsp3) is 0. The number of hydrogen-bond donors (Lipinski definition) is 1. The predicted octanol–water partition coefficient (Wildman–Crippen LogP) is 15.9. The molecule has 11 rings (SSSR count). The second-order valence-electron chi connectivity index (χ2n) is 15.1.